The third kappa shape index (κ3) is 3.66. The van der Waals surface area contributed by atoms with E-state index in [1.165, 1.54) is 12.7 Å². The zero-order chi connectivity index (χ0) is 19.8. The van der Waals surface area contributed by atoms with Gasteiger partial charge in [-0.05, 0) is 74.2 Å². The summed E-state index contributed by atoms with van der Waals surface area (Å²) in [5, 5.41) is 22.4. The average molecular weight is 379 g/mol. The van der Waals surface area contributed by atoms with Crippen molar-refractivity contribution in [3.8, 4) is 0 Å². The van der Waals surface area contributed by atoms with Gasteiger partial charge in [0.15, 0.2) is 11.6 Å². The highest BCUT2D eigenvalue weighted by atomic mass is 16.5. The molecule has 5 heteroatoms. The molecule has 0 aromatic carbocycles. The molecule has 0 spiro atoms. The lowest BCUT2D eigenvalue weighted by atomic mass is 9.54. The Morgan fingerprint density at radius 1 is 1.30 bits per heavy atom. The third-order valence-electron chi connectivity index (χ3n) is 7.70. The van der Waals surface area contributed by atoms with Crippen LogP contribution in [-0.2, 0) is 14.3 Å². The molecule has 3 rings (SSSR count). The number of hydrogen-bond acceptors (Lipinski definition) is 5. The zero-order valence-corrected chi connectivity index (χ0v) is 16.9. The minimum absolute atomic E-state index is 0.0768. The van der Waals surface area contributed by atoms with Gasteiger partial charge in [0.2, 0.25) is 0 Å². The highest BCUT2D eigenvalue weighted by Gasteiger charge is 2.52. The summed E-state index contributed by atoms with van der Waals surface area (Å²) in [5.41, 5.74) is -0.404. The van der Waals surface area contributed by atoms with Crippen molar-refractivity contribution in [3.63, 3.8) is 0 Å². The second-order valence-electron chi connectivity index (χ2n) is 9.25. The molecule has 152 valence electrons. The fourth-order valence-electron chi connectivity index (χ4n) is 6.07. The molecule has 2 N–H and O–H groups in total. The largest absolute Gasteiger partial charge is 0.393 e. The number of ether oxygens (including phenoxy) is 1. The molecule has 0 radical (unpaired) electrons. The maximum atomic E-state index is 12.6. The van der Waals surface area contributed by atoms with Crippen LogP contribution in [0.15, 0.2) is 11.6 Å². The van der Waals surface area contributed by atoms with Crippen molar-refractivity contribution in [2.24, 2.45) is 23.2 Å². The number of hydrogen-bond donors (Lipinski definition) is 2. The summed E-state index contributed by atoms with van der Waals surface area (Å²) in [7, 11) is 1.46. The molecule has 2 saturated carbocycles. The number of allylic oxidation sites excluding steroid dienone is 2. The Kier molecular flexibility index (Phi) is 5.95. The van der Waals surface area contributed by atoms with Gasteiger partial charge < -0.3 is 14.9 Å². The van der Waals surface area contributed by atoms with Crippen molar-refractivity contribution < 1.29 is 24.5 Å². The van der Waals surface area contributed by atoms with Gasteiger partial charge in [0.25, 0.3) is 0 Å². The number of ketones is 2. The number of carbonyl (C=O) groups is 2. The number of aliphatic hydroxyl groups is 2. The maximum absolute atomic E-state index is 12.6. The van der Waals surface area contributed by atoms with Crippen molar-refractivity contribution in [1.29, 1.82) is 0 Å². The van der Waals surface area contributed by atoms with E-state index in [9.17, 15) is 19.8 Å². The van der Waals surface area contributed by atoms with Crippen LogP contribution in [0.5, 0.6) is 0 Å². The van der Waals surface area contributed by atoms with Crippen LogP contribution < -0.4 is 0 Å². The topological polar surface area (TPSA) is 83.8 Å². The lowest BCUT2D eigenvalue weighted by molar-refractivity contribution is -0.149. The van der Waals surface area contributed by atoms with E-state index in [2.05, 4.69) is 6.92 Å². The molecule has 5 nitrogen and oxygen atoms in total. The van der Waals surface area contributed by atoms with E-state index in [0.29, 0.717) is 25.2 Å². The van der Waals surface area contributed by atoms with E-state index in [1.54, 1.807) is 0 Å². The van der Waals surface area contributed by atoms with Crippen LogP contribution in [0.25, 0.3) is 0 Å². The summed E-state index contributed by atoms with van der Waals surface area (Å²) in [6.07, 6.45) is 6.92. The Morgan fingerprint density at radius 3 is 2.74 bits per heavy atom. The van der Waals surface area contributed by atoms with E-state index < -0.39 is 11.7 Å². The Morgan fingerprint density at radius 2 is 2.04 bits per heavy atom. The summed E-state index contributed by atoms with van der Waals surface area (Å²) in [5.74, 6) is 0.0171. The lowest BCUT2D eigenvalue weighted by Gasteiger charge is -2.51. The van der Waals surface area contributed by atoms with Crippen LogP contribution >= 0.6 is 0 Å². The quantitative estimate of drug-likeness (QED) is 0.789. The molecule has 3 aliphatic carbocycles. The predicted molar refractivity (Wildman–Crippen MR) is 102 cm³/mol. The van der Waals surface area contributed by atoms with Gasteiger partial charge in [0, 0.05) is 13.5 Å². The molecule has 0 saturated heterocycles. The zero-order valence-electron chi connectivity index (χ0n) is 16.9. The normalized spacial score (nSPS) is 42.9. The van der Waals surface area contributed by atoms with E-state index in [0.717, 1.165) is 32.1 Å². The number of carbonyl (C=O) groups excluding carboxylic acids is 2. The number of methoxy groups -OCH3 is 1. The van der Waals surface area contributed by atoms with Crippen molar-refractivity contribution >= 4 is 11.6 Å². The van der Waals surface area contributed by atoms with Gasteiger partial charge >= 0.3 is 0 Å². The summed E-state index contributed by atoms with van der Waals surface area (Å²) in [4.78, 5) is 24.5. The van der Waals surface area contributed by atoms with Crippen molar-refractivity contribution in [2.75, 3.05) is 13.7 Å². The molecule has 2 fully saturated rings. The highest BCUT2D eigenvalue weighted by molar-refractivity contribution is 5.91. The molecule has 6 unspecified atom stereocenters. The summed E-state index contributed by atoms with van der Waals surface area (Å²) < 4.78 is 4.98. The molecule has 0 amide bonds. The average Bonchev–Trinajstić information content (AvgIpc) is 2.65. The molecule has 3 aliphatic rings. The van der Waals surface area contributed by atoms with Crippen molar-refractivity contribution in [3.05, 3.63) is 11.6 Å². The second-order valence-corrected chi connectivity index (χ2v) is 9.25. The maximum Gasteiger partial charge on any atom is 0.190 e. The van der Waals surface area contributed by atoms with Crippen LogP contribution in [0, 0.1) is 23.2 Å². The van der Waals surface area contributed by atoms with Crippen LogP contribution in [0.4, 0.5) is 0 Å². The molecule has 0 bridgehead atoms. The number of rotatable bonds is 3. The predicted octanol–water partition coefficient (Wildman–Crippen LogP) is 2.83. The molecule has 6 atom stereocenters. The monoisotopic (exact) mass is 378 g/mol. The van der Waals surface area contributed by atoms with Crippen LogP contribution in [-0.4, -0.2) is 47.2 Å². The first kappa shape index (κ1) is 20.7. The fourth-order valence-corrected chi connectivity index (χ4v) is 6.07. The van der Waals surface area contributed by atoms with E-state index in [1.807, 2.05) is 13.0 Å². The summed E-state index contributed by atoms with van der Waals surface area (Å²) in [6.45, 7) is 3.97. The third-order valence-corrected chi connectivity index (χ3v) is 7.70. The van der Waals surface area contributed by atoms with Gasteiger partial charge in [0.05, 0.1) is 6.10 Å². The van der Waals surface area contributed by atoms with E-state index in [4.69, 9.17) is 4.74 Å². The van der Waals surface area contributed by atoms with E-state index >= 15 is 0 Å². The second kappa shape index (κ2) is 7.76. The first-order valence-corrected chi connectivity index (χ1v) is 10.4. The van der Waals surface area contributed by atoms with Crippen LogP contribution in [0.3, 0.4) is 0 Å². The Balaban J connectivity index is 1.90. The molecule has 0 aromatic rings. The Labute approximate surface area is 162 Å². The van der Waals surface area contributed by atoms with Gasteiger partial charge in [-0.2, -0.15) is 0 Å². The van der Waals surface area contributed by atoms with Crippen LogP contribution in [0.2, 0.25) is 0 Å². The SMILES string of the molecule is COCC(=O)C1(O)CCCC2CCC3=CC(=O)CCC3(C)C2C(O)CC1C. The van der Waals surface area contributed by atoms with Gasteiger partial charge in [-0.25, -0.2) is 0 Å². The standard InChI is InChI=1S/C22H34O5/c1-14-11-18(24)20-15(5-4-9-22(14,26)19(25)13-27-3)6-7-16-12-17(23)8-10-21(16,20)2/h12,14-15,18,20,24,26H,4-11,13H2,1-3H3. The van der Waals surface area contributed by atoms with Gasteiger partial charge in [-0.3, -0.25) is 9.59 Å². The first-order chi connectivity index (χ1) is 12.7. The van der Waals surface area contributed by atoms with Crippen molar-refractivity contribution in [2.45, 2.75) is 76.9 Å². The number of aliphatic hydroxyl groups excluding tert-OH is 1. The van der Waals surface area contributed by atoms with Crippen molar-refractivity contribution in [1.82, 2.24) is 0 Å². The highest BCUT2D eigenvalue weighted by Crippen LogP contribution is 2.56. The molecule has 0 aromatic heterocycles. The van der Waals surface area contributed by atoms with Crippen LogP contribution in [0.1, 0.15) is 65.2 Å². The molecule has 27 heavy (non-hydrogen) atoms. The fraction of sp³-hybridized carbons (Fsp3) is 0.818. The van der Waals surface area contributed by atoms with E-state index in [-0.39, 0.29) is 35.4 Å². The number of Topliss-reactive ketones (excluding diaryl/α,β-unsaturated/α-hetero) is 1. The van der Waals surface area contributed by atoms with Gasteiger partial charge in [-0.1, -0.05) is 19.4 Å². The lowest BCUT2D eigenvalue weighted by Crippen LogP contribution is -2.50. The minimum Gasteiger partial charge on any atom is -0.393 e. The molecule has 0 heterocycles. The Hall–Kier alpha value is -1.04. The Bertz CT molecular complexity index is 626. The molecular formula is C22H34O5. The van der Waals surface area contributed by atoms with Gasteiger partial charge in [0.1, 0.15) is 12.2 Å². The molecule has 0 aliphatic heterocycles. The van der Waals surface area contributed by atoms with Gasteiger partial charge in [-0.15, -0.1) is 0 Å². The molecular weight excluding hydrogens is 344 g/mol. The number of fused-ring (bicyclic) bond motifs is 3. The summed E-state index contributed by atoms with van der Waals surface area (Å²) in [6, 6.07) is 0. The smallest absolute Gasteiger partial charge is 0.190 e. The first-order valence-electron chi connectivity index (χ1n) is 10.4. The summed E-state index contributed by atoms with van der Waals surface area (Å²) >= 11 is 0. The minimum atomic E-state index is -1.44.